The van der Waals surface area contributed by atoms with Gasteiger partial charge in [0.1, 0.15) is 0 Å². The largest absolute Gasteiger partial charge is 0.289 e. The van der Waals surface area contributed by atoms with Gasteiger partial charge < -0.3 is 0 Å². The Bertz CT molecular complexity index is 548. The number of rotatable bonds is 2. The van der Waals surface area contributed by atoms with E-state index in [9.17, 15) is 10.0 Å². The summed E-state index contributed by atoms with van der Waals surface area (Å²) in [6.45, 7) is 3.84. The van der Waals surface area contributed by atoms with E-state index in [1.54, 1.807) is 18.2 Å². The van der Waals surface area contributed by atoms with Crippen molar-refractivity contribution in [1.29, 1.82) is 0 Å². The van der Waals surface area contributed by atoms with Crippen LogP contribution in [-0.2, 0) is 4.79 Å². The van der Waals surface area contributed by atoms with Gasteiger partial charge >= 0.3 is 0 Å². The first-order chi connectivity index (χ1) is 8.59. The molecule has 1 N–H and O–H groups in total. The first-order valence-corrected chi connectivity index (χ1v) is 5.75. The Morgan fingerprint density at radius 2 is 1.72 bits per heavy atom. The van der Waals surface area contributed by atoms with E-state index in [4.69, 9.17) is 0 Å². The van der Waals surface area contributed by atoms with Gasteiger partial charge in [0.25, 0.3) is 0 Å². The fourth-order valence-corrected chi connectivity index (χ4v) is 1.95. The molecular weight excluding hydrogens is 226 g/mol. The first kappa shape index (κ1) is 12.3. The smallest absolute Gasteiger partial charge is 0.187 e. The summed E-state index contributed by atoms with van der Waals surface area (Å²) < 4.78 is 0. The lowest BCUT2D eigenvalue weighted by molar-refractivity contribution is -0.111. The summed E-state index contributed by atoms with van der Waals surface area (Å²) in [5, 5.41) is 11.1. The van der Waals surface area contributed by atoms with Gasteiger partial charge in [-0.25, -0.2) is 5.06 Å². The van der Waals surface area contributed by atoms with E-state index in [0.717, 1.165) is 16.2 Å². The fraction of sp³-hybridized carbons (Fsp3) is 0.133. The topological polar surface area (TPSA) is 40.5 Å². The number of benzene rings is 1. The quantitative estimate of drug-likeness (QED) is 0.639. The molecule has 0 amide bonds. The maximum Gasteiger partial charge on any atom is 0.187 e. The van der Waals surface area contributed by atoms with Gasteiger partial charge in [0.15, 0.2) is 5.78 Å². The van der Waals surface area contributed by atoms with Crippen LogP contribution >= 0.6 is 0 Å². The van der Waals surface area contributed by atoms with Crippen LogP contribution in [0.1, 0.15) is 11.1 Å². The summed E-state index contributed by atoms with van der Waals surface area (Å²) in [5.74, 6) is -0.109. The van der Waals surface area contributed by atoms with Crippen LogP contribution in [0, 0.1) is 13.8 Å². The third-order valence-electron chi connectivity index (χ3n) is 2.85. The second-order valence-electron chi connectivity index (χ2n) is 4.25. The number of carbonyl (C=O) groups excluding carboxylic acids is 1. The molecule has 0 atom stereocenters. The second kappa shape index (κ2) is 5.02. The highest BCUT2D eigenvalue weighted by Crippen LogP contribution is 2.24. The van der Waals surface area contributed by atoms with Crippen molar-refractivity contribution in [3.05, 3.63) is 65.4 Å². The lowest BCUT2D eigenvalue weighted by atomic mass is 10.1. The van der Waals surface area contributed by atoms with Crippen LogP contribution in [0.25, 0.3) is 0 Å². The Hall–Kier alpha value is -2.13. The molecule has 0 saturated carbocycles. The van der Waals surface area contributed by atoms with Crippen molar-refractivity contribution in [2.24, 2.45) is 0 Å². The molecule has 92 valence electrons. The third-order valence-corrected chi connectivity index (χ3v) is 2.85. The number of para-hydroxylation sites is 1. The Balaban J connectivity index is 2.35. The number of aryl methyl sites for hydroxylation is 2. The number of allylic oxidation sites excluding steroid dienone is 5. The number of nitrogens with zero attached hydrogens (tertiary/aromatic N) is 1. The summed E-state index contributed by atoms with van der Waals surface area (Å²) in [7, 11) is 0. The molecule has 1 aliphatic rings. The van der Waals surface area contributed by atoms with Gasteiger partial charge in [-0.15, -0.1) is 0 Å². The van der Waals surface area contributed by atoms with Crippen LogP contribution in [-0.4, -0.2) is 11.0 Å². The van der Waals surface area contributed by atoms with E-state index in [0.29, 0.717) is 11.3 Å². The number of anilines is 1. The van der Waals surface area contributed by atoms with Crippen molar-refractivity contribution < 1.29 is 10.0 Å². The standard InChI is InChI=1S/C15H15NO2/c1-11-6-5-7-12(2)15(11)16(18)10-13-8-3-4-9-14(13)17/h3-10,18H,1-2H3/b13-10-. The number of hydroxylamine groups is 1. The van der Waals surface area contributed by atoms with Crippen molar-refractivity contribution in [2.75, 3.05) is 5.06 Å². The zero-order valence-electron chi connectivity index (χ0n) is 10.4. The van der Waals surface area contributed by atoms with Gasteiger partial charge in [-0.1, -0.05) is 30.4 Å². The highest BCUT2D eigenvalue weighted by atomic mass is 16.5. The minimum atomic E-state index is -0.109. The van der Waals surface area contributed by atoms with Gasteiger partial charge in [-0.2, -0.15) is 0 Å². The summed E-state index contributed by atoms with van der Waals surface area (Å²) in [5.41, 5.74) is 3.08. The Labute approximate surface area is 106 Å². The third kappa shape index (κ3) is 2.41. The van der Waals surface area contributed by atoms with E-state index in [1.807, 2.05) is 32.0 Å². The molecule has 0 aliphatic heterocycles. The van der Waals surface area contributed by atoms with E-state index < -0.39 is 0 Å². The fourth-order valence-electron chi connectivity index (χ4n) is 1.95. The molecule has 0 spiro atoms. The molecule has 3 nitrogen and oxygen atoms in total. The number of hydrogen-bond acceptors (Lipinski definition) is 3. The summed E-state index contributed by atoms with van der Waals surface area (Å²) in [6, 6.07) is 5.77. The number of ketones is 1. The van der Waals surface area contributed by atoms with Crippen LogP contribution in [0.4, 0.5) is 5.69 Å². The van der Waals surface area contributed by atoms with Gasteiger partial charge in [0, 0.05) is 11.8 Å². The summed E-state index contributed by atoms with van der Waals surface area (Å²) in [4.78, 5) is 11.6. The highest BCUT2D eigenvalue weighted by Gasteiger charge is 2.11. The van der Waals surface area contributed by atoms with Crippen LogP contribution < -0.4 is 5.06 Å². The molecule has 0 heterocycles. The maximum atomic E-state index is 11.6. The zero-order chi connectivity index (χ0) is 13.1. The van der Waals surface area contributed by atoms with Gasteiger partial charge in [0.05, 0.1) is 5.69 Å². The molecule has 1 aliphatic carbocycles. The predicted molar refractivity (Wildman–Crippen MR) is 71.6 cm³/mol. The van der Waals surface area contributed by atoms with Crippen LogP contribution in [0.2, 0.25) is 0 Å². The van der Waals surface area contributed by atoms with E-state index in [2.05, 4.69) is 0 Å². The Kier molecular flexibility index (Phi) is 3.44. The molecule has 1 aromatic carbocycles. The van der Waals surface area contributed by atoms with E-state index >= 15 is 0 Å². The van der Waals surface area contributed by atoms with Crippen molar-refractivity contribution in [2.45, 2.75) is 13.8 Å². The van der Waals surface area contributed by atoms with Crippen LogP contribution in [0.15, 0.2) is 54.3 Å². The first-order valence-electron chi connectivity index (χ1n) is 5.75. The number of carbonyl (C=O) groups is 1. The Morgan fingerprint density at radius 3 is 2.33 bits per heavy atom. The maximum absolute atomic E-state index is 11.6. The van der Waals surface area contributed by atoms with E-state index in [-0.39, 0.29) is 5.78 Å². The molecule has 0 saturated heterocycles. The summed E-state index contributed by atoms with van der Waals surface area (Å²) in [6.07, 6.45) is 8.05. The Morgan fingerprint density at radius 1 is 1.11 bits per heavy atom. The van der Waals surface area contributed by atoms with Crippen molar-refractivity contribution in [3.8, 4) is 0 Å². The van der Waals surface area contributed by atoms with Crippen molar-refractivity contribution >= 4 is 11.5 Å². The molecule has 0 bridgehead atoms. The molecule has 18 heavy (non-hydrogen) atoms. The second-order valence-corrected chi connectivity index (χ2v) is 4.25. The average molecular weight is 241 g/mol. The predicted octanol–water partition coefficient (Wildman–Crippen LogP) is 3.08. The lowest BCUT2D eigenvalue weighted by Crippen LogP contribution is -2.15. The molecule has 1 aromatic rings. The molecule has 0 aromatic heterocycles. The molecule has 0 radical (unpaired) electrons. The van der Waals surface area contributed by atoms with Crippen LogP contribution in [0.3, 0.4) is 0 Å². The molecule has 2 rings (SSSR count). The monoisotopic (exact) mass is 241 g/mol. The lowest BCUT2D eigenvalue weighted by Gasteiger charge is -2.18. The minimum absolute atomic E-state index is 0.109. The zero-order valence-corrected chi connectivity index (χ0v) is 10.4. The SMILES string of the molecule is Cc1cccc(C)c1N(O)/C=C1/C=CC=CC1=O. The normalized spacial score (nSPS) is 16.4. The van der Waals surface area contributed by atoms with Crippen LogP contribution in [0.5, 0.6) is 0 Å². The van der Waals surface area contributed by atoms with Gasteiger partial charge in [0.2, 0.25) is 0 Å². The molecule has 0 fully saturated rings. The summed E-state index contributed by atoms with van der Waals surface area (Å²) >= 11 is 0. The van der Waals surface area contributed by atoms with Crippen molar-refractivity contribution in [1.82, 2.24) is 0 Å². The van der Waals surface area contributed by atoms with E-state index in [1.165, 1.54) is 12.3 Å². The number of hydrogen-bond donors (Lipinski definition) is 1. The molecular formula is C15H15NO2. The average Bonchev–Trinajstić information content (AvgIpc) is 2.32. The van der Waals surface area contributed by atoms with Gasteiger partial charge in [-0.05, 0) is 37.1 Å². The van der Waals surface area contributed by atoms with Crippen molar-refractivity contribution in [3.63, 3.8) is 0 Å². The molecule has 3 heteroatoms. The molecule has 0 unspecified atom stereocenters. The highest BCUT2D eigenvalue weighted by molar-refractivity contribution is 6.07. The van der Waals surface area contributed by atoms with Gasteiger partial charge in [-0.3, -0.25) is 10.0 Å². The minimum Gasteiger partial charge on any atom is -0.289 e.